The lowest BCUT2D eigenvalue weighted by atomic mass is 10.2. The number of para-hydroxylation sites is 2. The minimum Gasteiger partial charge on any atom is -0.476 e. The molecular weight excluding hydrogens is 330 g/mol. The SMILES string of the molecule is CCOC(=O)c1cnn2c1NN=C(C(=O)O)C21Nc2ccccc2O1. The van der Waals surface area contributed by atoms with Gasteiger partial charge >= 0.3 is 17.8 Å². The minimum atomic E-state index is -1.71. The second-order valence-corrected chi connectivity index (χ2v) is 5.28. The van der Waals surface area contributed by atoms with Crippen molar-refractivity contribution in [1.29, 1.82) is 0 Å². The van der Waals surface area contributed by atoms with Crippen LogP contribution in [-0.4, -0.2) is 39.1 Å². The molecule has 3 heterocycles. The highest BCUT2D eigenvalue weighted by atomic mass is 16.6. The van der Waals surface area contributed by atoms with E-state index in [2.05, 4.69) is 20.9 Å². The minimum absolute atomic E-state index is 0.121. The predicted octanol–water partition coefficient (Wildman–Crippen LogP) is 1.04. The van der Waals surface area contributed by atoms with Crippen LogP contribution < -0.4 is 15.5 Å². The van der Waals surface area contributed by atoms with Crippen molar-refractivity contribution in [3.05, 3.63) is 36.0 Å². The molecule has 10 nitrogen and oxygen atoms in total. The molecular formula is C15H13N5O5. The van der Waals surface area contributed by atoms with E-state index in [1.54, 1.807) is 31.2 Å². The third-order valence-electron chi connectivity index (χ3n) is 3.81. The maximum Gasteiger partial charge on any atom is 0.360 e. The number of hydrogen-bond donors (Lipinski definition) is 3. The molecule has 2 aliphatic heterocycles. The van der Waals surface area contributed by atoms with Crippen molar-refractivity contribution < 1.29 is 24.2 Å². The van der Waals surface area contributed by atoms with Crippen LogP contribution in [0.4, 0.5) is 11.5 Å². The van der Waals surface area contributed by atoms with E-state index in [1.807, 2.05) is 0 Å². The number of hydrazone groups is 1. The van der Waals surface area contributed by atoms with Crippen molar-refractivity contribution in [2.45, 2.75) is 12.8 Å². The molecule has 1 aromatic carbocycles. The van der Waals surface area contributed by atoms with E-state index in [0.29, 0.717) is 11.4 Å². The molecule has 1 aromatic heterocycles. The molecule has 1 spiro atoms. The lowest BCUT2D eigenvalue weighted by Gasteiger charge is -2.32. The molecule has 3 N–H and O–H groups in total. The smallest absolute Gasteiger partial charge is 0.360 e. The number of hydrogen-bond acceptors (Lipinski definition) is 8. The molecule has 0 saturated heterocycles. The first-order valence-corrected chi connectivity index (χ1v) is 7.46. The molecule has 0 saturated carbocycles. The Kier molecular flexibility index (Phi) is 3.14. The molecule has 0 bridgehead atoms. The van der Waals surface area contributed by atoms with Gasteiger partial charge in [0.05, 0.1) is 18.5 Å². The fraction of sp³-hybridized carbons (Fsp3) is 0.200. The van der Waals surface area contributed by atoms with Crippen LogP contribution in [0.3, 0.4) is 0 Å². The lowest BCUT2D eigenvalue weighted by molar-refractivity contribution is -0.130. The highest BCUT2D eigenvalue weighted by molar-refractivity contribution is 6.39. The molecule has 0 radical (unpaired) electrons. The number of carboxylic acid groups (broad SMARTS) is 1. The summed E-state index contributed by atoms with van der Waals surface area (Å²) in [5, 5.41) is 20.5. The van der Waals surface area contributed by atoms with Crippen molar-refractivity contribution in [2.24, 2.45) is 5.10 Å². The molecule has 2 aliphatic rings. The van der Waals surface area contributed by atoms with Crippen LogP contribution in [0.5, 0.6) is 5.75 Å². The normalized spacial score (nSPS) is 19.8. The van der Waals surface area contributed by atoms with Gasteiger partial charge in [-0.3, -0.25) is 5.43 Å². The summed E-state index contributed by atoms with van der Waals surface area (Å²) in [7, 11) is 0. The van der Waals surface area contributed by atoms with Gasteiger partial charge in [-0.2, -0.15) is 14.9 Å². The van der Waals surface area contributed by atoms with Gasteiger partial charge in [0.15, 0.2) is 5.82 Å². The van der Waals surface area contributed by atoms with Gasteiger partial charge < -0.3 is 19.9 Å². The second kappa shape index (κ2) is 5.23. The van der Waals surface area contributed by atoms with E-state index in [0.717, 1.165) is 0 Å². The number of carbonyl (C=O) groups is 2. The van der Waals surface area contributed by atoms with E-state index in [1.165, 1.54) is 10.9 Å². The van der Waals surface area contributed by atoms with Crippen LogP contribution in [0.2, 0.25) is 0 Å². The monoisotopic (exact) mass is 343 g/mol. The number of benzene rings is 1. The number of carboxylic acids is 1. The molecule has 1 unspecified atom stereocenters. The molecule has 2 aromatic rings. The van der Waals surface area contributed by atoms with Crippen LogP contribution >= 0.6 is 0 Å². The Balaban J connectivity index is 1.85. The summed E-state index contributed by atoms with van der Waals surface area (Å²) in [6, 6.07) is 6.96. The second-order valence-electron chi connectivity index (χ2n) is 5.28. The fourth-order valence-corrected chi connectivity index (χ4v) is 2.76. The summed E-state index contributed by atoms with van der Waals surface area (Å²) in [4.78, 5) is 23.8. The zero-order valence-electron chi connectivity index (χ0n) is 13.0. The van der Waals surface area contributed by atoms with Gasteiger partial charge in [-0.15, -0.1) is 0 Å². The third-order valence-corrected chi connectivity index (χ3v) is 3.81. The Bertz CT molecular complexity index is 894. The average Bonchev–Trinajstić information content (AvgIpc) is 3.17. The molecule has 25 heavy (non-hydrogen) atoms. The van der Waals surface area contributed by atoms with Crippen molar-refractivity contribution in [3.8, 4) is 5.75 Å². The van der Waals surface area contributed by atoms with E-state index >= 15 is 0 Å². The predicted molar refractivity (Wildman–Crippen MR) is 85.5 cm³/mol. The maximum absolute atomic E-state index is 12.1. The lowest BCUT2D eigenvalue weighted by Crippen LogP contribution is -2.56. The first-order chi connectivity index (χ1) is 12.1. The van der Waals surface area contributed by atoms with Crippen LogP contribution in [0.1, 0.15) is 17.3 Å². The molecule has 1 atom stereocenters. The number of nitrogens with one attached hydrogen (secondary N) is 2. The third kappa shape index (κ3) is 2.04. The van der Waals surface area contributed by atoms with Gasteiger partial charge in [0.1, 0.15) is 11.3 Å². The molecule has 128 valence electrons. The average molecular weight is 343 g/mol. The highest BCUT2D eigenvalue weighted by Gasteiger charge is 2.54. The van der Waals surface area contributed by atoms with Gasteiger partial charge in [-0.1, -0.05) is 12.1 Å². The number of carbonyl (C=O) groups excluding carboxylic acids is 1. The number of anilines is 2. The van der Waals surface area contributed by atoms with Gasteiger partial charge in [0.25, 0.3) is 0 Å². The molecule has 0 aliphatic carbocycles. The molecule has 10 heteroatoms. The van der Waals surface area contributed by atoms with E-state index < -0.39 is 17.8 Å². The largest absolute Gasteiger partial charge is 0.476 e. The van der Waals surface area contributed by atoms with E-state index in [4.69, 9.17) is 9.47 Å². The Morgan fingerprint density at radius 2 is 2.20 bits per heavy atom. The van der Waals surface area contributed by atoms with Crippen LogP contribution in [0.25, 0.3) is 0 Å². The number of esters is 1. The van der Waals surface area contributed by atoms with Crippen molar-refractivity contribution in [3.63, 3.8) is 0 Å². The van der Waals surface area contributed by atoms with Crippen molar-refractivity contribution in [1.82, 2.24) is 9.78 Å². The number of fused-ring (bicyclic) bond motifs is 3. The number of nitrogens with zero attached hydrogens (tertiary/aromatic N) is 3. The summed E-state index contributed by atoms with van der Waals surface area (Å²) >= 11 is 0. The van der Waals surface area contributed by atoms with Crippen LogP contribution in [-0.2, 0) is 15.4 Å². The molecule has 4 rings (SSSR count). The van der Waals surface area contributed by atoms with Gasteiger partial charge in [-0.25, -0.2) is 9.59 Å². The highest BCUT2D eigenvalue weighted by Crippen LogP contribution is 2.42. The van der Waals surface area contributed by atoms with E-state index in [9.17, 15) is 14.7 Å². The first kappa shape index (κ1) is 15.0. The number of aliphatic carboxylic acids is 1. The maximum atomic E-state index is 12.1. The molecule has 0 fully saturated rings. The summed E-state index contributed by atoms with van der Waals surface area (Å²) in [6.45, 7) is 1.88. The number of ether oxygens (including phenoxy) is 2. The zero-order valence-corrected chi connectivity index (χ0v) is 13.0. The van der Waals surface area contributed by atoms with Crippen LogP contribution in [0.15, 0.2) is 35.6 Å². The summed E-state index contributed by atoms with van der Waals surface area (Å²) in [5.41, 5.74) is 2.90. The molecule has 0 amide bonds. The Morgan fingerprint density at radius 3 is 2.92 bits per heavy atom. The number of aromatic nitrogens is 2. The van der Waals surface area contributed by atoms with Crippen LogP contribution in [0, 0.1) is 0 Å². The fourth-order valence-electron chi connectivity index (χ4n) is 2.76. The Morgan fingerprint density at radius 1 is 1.40 bits per heavy atom. The standard InChI is InChI=1S/C15H13N5O5/c1-2-24-14(23)8-7-16-20-12(8)19-18-11(13(21)22)15(20)17-9-5-3-4-6-10(9)25-15/h3-7,17,19H,2H2,1H3,(H,21,22). The summed E-state index contributed by atoms with van der Waals surface area (Å²) < 4.78 is 12.1. The van der Waals surface area contributed by atoms with Gasteiger partial charge in [0.2, 0.25) is 5.71 Å². The van der Waals surface area contributed by atoms with Gasteiger partial charge in [0, 0.05) is 0 Å². The van der Waals surface area contributed by atoms with Crippen molar-refractivity contribution >= 4 is 29.2 Å². The quantitative estimate of drug-likeness (QED) is 0.706. The zero-order chi connectivity index (χ0) is 17.6. The van der Waals surface area contributed by atoms with Gasteiger partial charge in [-0.05, 0) is 19.1 Å². The van der Waals surface area contributed by atoms with Crippen molar-refractivity contribution in [2.75, 3.05) is 17.3 Å². The van der Waals surface area contributed by atoms with E-state index in [-0.39, 0.29) is 23.7 Å². The Labute approximate surface area is 141 Å². The number of rotatable bonds is 3. The Hall–Kier alpha value is -3.56. The summed E-state index contributed by atoms with van der Waals surface area (Å²) in [5.74, 6) is -3.00. The first-order valence-electron chi connectivity index (χ1n) is 7.46. The topological polar surface area (TPSA) is 127 Å². The summed E-state index contributed by atoms with van der Waals surface area (Å²) in [6.07, 6.45) is 1.27.